The van der Waals surface area contributed by atoms with Crippen LogP contribution in [0.3, 0.4) is 0 Å². The number of nitrogens with zero attached hydrogens (tertiary/aromatic N) is 3. The number of rotatable bonds is 3. The van der Waals surface area contributed by atoms with Crippen LogP contribution in [0, 0.1) is 0 Å². The second kappa shape index (κ2) is 4.25. The highest BCUT2D eigenvalue weighted by molar-refractivity contribution is 5.86. The highest BCUT2D eigenvalue weighted by atomic mass is 16.4. The summed E-state index contributed by atoms with van der Waals surface area (Å²) in [6.45, 7) is 1.81. The van der Waals surface area contributed by atoms with E-state index in [4.69, 9.17) is 5.11 Å². The minimum Gasteiger partial charge on any atom is -0.506 e. The Bertz CT molecular complexity index is 563. The molecule has 0 spiro atoms. The van der Waals surface area contributed by atoms with Gasteiger partial charge in [0.05, 0.1) is 5.69 Å². The van der Waals surface area contributed by atoms with Crippen molar-refractivity contribution in [2.45, 2.75) is 13.3 Å². The van der Waals surface area contributed by atoms with E-state index in [1.165, 1.54) is 10.7 Å². The van der Waals surface area contributed by atoms with Crippen LogP contribution >= 0.6 is 0 Å². The van der Waals surface area contributed by atoms with Gasteiger partial charge >= 0.3 is 5.97 Å². The first-order valence-corrected chi connectivity index (χ1v) is 5.11. The summed E-state index contributed by atoms with van der Waals surface area (Å²) in [5, 5.41) is 26.0. The van der Waals surface area contributed by atoms with Gasteiger partial charge in [0, 0.05) is 0 Å². The summed E-state index contributed by atoms with van der Waals surface area (Å²) in [5.41, 5.74) is 0.791. The van der Waals surface area contributed by atoms with E-state index in [0.717, 1.165) is 0 Å². The van der Waals surface area contributed by atoms with Crippen molar-refractivity contribution in [3.05, 3.63) is 35.7 Å². The lowest BCUT2D eigenvalue weighted by Crippen LogP contribution is -2.05. The molecule has 17 heavy (non-hydrogen) atoms. The van der Waals surface area contributed by atoms with Crippen molar-refractivity contribution < 1.29 is 15.0 Å². The molecule has 2 N–H and O–H groups in total. The molecule has 2 rings (SSSR count). The Hall–Kier alpha value is -2.37. The van der Waals surface area contributed by atoms with Crippen molar-refractivity contribution in [1.82, 2.24) is 15.0 Å². The molecule has 0 saturated carbocycles. The average molecular weight is 233 g/mol. The van der Waals surface area contributed by atoms with E-state index in [1.807, 2.05) is 6.92 Å². The molecule has 6 nitrogen and oxygen atoms in total. The second-order valence-corrected chi connectivity index (χ2v) is 3.44. The number of aromatic nitrogens is 3. The number of aromatic hydroxyl groups is 1. The first-order chi connectivity index (χ1) is 8.15. The minimum atomic E-state index is -1.12. The molecule has 0 bridgehead atoms. The summed E-state index contributed by atoms with van der Waals surface area (Å²) in [6.07, 6.45) is 0.461. The summed E-state index contributed by atoms with van der Waals surface area (Å²) in [7, 11) is 0. The normalized spacial score (nSPS) is 10.4. The molecule has 6 heteroatoms. The SMILES string of the molecule is CCc1c(C(=O)O)nnn1-c1ccccc1O. The number of carboxylic acid groups (broad SMARTS) is 1. The molecule has 0 aliphatic rings. The lowest BCUT2D eigenvalue weighted by atomic mass is 10.2. The van der Waals surface area contributed by atoms with Crippen molar-refractivity contribution in [1.29, 1.82) is 0 Å². The standard InChI is InChI=1S/C11H11N3O3/c1-2-7-10(11(16)17)12-13-14(7)8-5-3-4-6-9(8)15/h3-6,15H,2H2,1H3,(H,16,17). The van der Waals surface area contributed by atoms with Crippen LogP contribution in [-0.4, -0.2) is 31.2 Å². The van der Waals surface area contributed by atoms with E-state index in [0.29, 0.717) is 17.8 Å². The smallest absolute Gasteiger partial charge is 0.358 e. The maximum Gasteiger partial charge on any atom is 0.358 e. The van der Waals surface area contributed by atoms with E-state index >= 15 is 0 Å². The first-order valence-electron chi connectivity index (χ1n) is 5.11. The number of carboxylic acids is 1. The molecule has 0 atom stereocenters. The zero-order valence-electron chi connectivity index (χ0n) is 9.16. The fourth-order valence-electron chi connectivity index (χ4n) is 1.62. The fraction of sp³-hybridized carbons (Fsp3) is 0.182. The molecule has 0 radical (unpaired) electrons. The number of aromatic carboxylic acids is 1. The Labute approximate surface area is 97.1 Å². The van der Waals surface area contributed by atoms with E-state index in [-0.39, 0.29) is 11.4 Å². The highest BCUT2D eigenvalue weighted by Crippen LogP contribution is 2.22. The van der Waals surface area contributed by atoms with Crippen LogP contribution in [0.25, 0.3) is 5.69 Å². The zero-order valence-corrected chi connectivity index (χ0v) is 9.16. The fourth-order valence-corrected chi connectivity index (χ4v) is 1.62. The molecule has 1 aromatic carbocycles. The van der Waals surface area contributed by atoms with Gasteiger partial charge in [-0.15, -0.1) is 5.10 Å². The molecule has 1 aromatic heterocycles. The predicted octanol–water partition coefficient (Wildman–Crippen LogP) is 1.23. The molecule has 0 aliphatic heterocycles. The van der Waals surface area contributed by atoms with E-state index in [9.17, 15) is 9.90 Å². The summed E-state index contributed by atoms with van der Waals surface area (Å²) >= 11 is 0. The monoisotopic (exact) mass is 233 g/mol. The van der Waals surface area contributed by atoms with Gasteiger partial charge < -0.3 is 10.2 Å². The van der Waals surface area contributed by atoms with Gasteiger partial charge in [0.25, 0.3) is 0 Å². The number of para-hydroxylation sites is 2. The Kier molecular flexibility index (Phi) is 2.78. The summed E-state index contributed by atoms with van der Waals surface area (Å²) in [4.78, 5) is 10.9. The molecule has 2 aromatic rings. The Balaban J connectivity index is 2.61. The topological polar surface area (TPSA) is 88.2 Å². The van der Waals surface area contributed by atoms with Crippen molar-refractivity contribution in [2.75, 3.05) is 0 Å². The average Bonchev–Trinajstić information content (AvgIpc) is 2.73. The maximum absolute atomic E-state index is 10.9. The van der Waals surface area contributed by atoms with E-state index in [2.05, 4.69) is 10.3 Å². The molecule has 0 aliphatic carbocycles. The van der Waals surface area contributed by atoms with Crippen molar-refractivity contribution in [3.8, 4) is 11.4 Å². The third-order valence-corrected chi connectivity index (χ3v) is 2.41. The van der Waals surface area contributed by atoms with Gasteiger partial charge in [0.2, 0.25) is 0 Å². The van der Waals surface area contributed by atoms with Crippen LogP contribution in [0.15, 0.2) is 24.3 Å². The zero-order chi connectivity index (χ0) is 12.4. The van der Waals surface area contributed by atoms with Crippen molar-refractivity contribution in [3.63, 3.8) is 0 Å². The third kappa shape index (κ3) is 1.84. The lowest BCUT2D eigenvalue weighted by molar-refractivity contribution is 0.0689. The Morgan fingerprint density at radius 2 is 2.12 bits per heavy atom. The summed E-state index contributed by atoms with van der Waals surface area (Å²) in [5.74, 6) is -1.09. The third-order valence-electron chi connectivity index (χ3n) is 2.41. The van der Waals surface area contributed by atoms with Gasteiger partial charge in [-0.25, -0.2) is 9.48 Å². The molecule has 0 fully saturated rings. The van der Waals surface area contributed by atoms with Crippen LogP contribution in [0.4, 0.5) is 0 Å². The van der Waals surface area contributed by atoms with Gasteiger partial charge in [0.15, 0.2) is 5.69 Å². The lowest BCUT2D eigenvalue weighted by Gasteiger charge is -2.06. The Morgan fingerprint density at radius 3 is 2.71 bits per heavy atom. The largest absolute Gasteiger partial charge is 0.506 e. The maximum atomic E-state index is 10.9. The number of hydrogen-bond acceptors (Lipinski definition) is 4. The van der Waals surface area contributed by atoms with Gasteiger partial charge in [-0.1, -0.05) is 24.3 Å². The number of hydrogen-bond donors (Lipinski definition) is 2. The molecular formula is C11H11N3O3. The van der Waals surface area contributed by atoms with Crippen LogP contribution in [0.2, 0.25) is 0 Å². The second-order valence-electron chi connectivity index (χ2n) is 3.44. The summed E-state index contributed by atoms with van der Waals surface area (Å²) in [6, 6.07) is 6.57. The van der Waals surface area contributed by atoms with Crippen LogP contribution < -0.4 is 0 Å². The quantitative estimate of drug-likeness (QED) is 0.832. The molecular weight excluding hydrogens is 222 g/mol. The van der Waals surface area contributed by atoms with E-state index < -0.39 is 5.97 Å². The molecule has 0 unspecified atom stereocenters. The summed E-state index contributed by atoms with van der Waals surface area (Å²) < 4.78 is 1.35. The van der Waals surface area contributed by atoms with Crippen LogP contribution in [0.5, 0.6) is 5.75 Å². The van der Waals surface area contributed by atoms with Gasteiger partial charge in [-0.05, 0) is 18.6 Å². The first kappa shape index (κ1) is 11.1. The Morgan fingerprint density at radius 1 is 1.41 bits per heavy atom. The predicted molar refractivity (Wildman–Crippen MR) is 59.4 cm³/mol. The van der Waals surface area contributed by atoms with Gasteiger partial charge in [0.1, 0.15) is 11.4 Å². The van der Waals surface area contributed by atoms with Gasteiger partial charge in [-0.2, -0.15) is 0 Å². The van der Waals surface area contributed by atoms with E-state index in [1.54, 1.807) is 18.2 Å². The molecule has 0 saturated heterocycles. The molecule has 1 heterocycles. The minimum absolute atomic E-state index is 0.0315. The van der Waals surface area contributed by atoms with Gasteiger partial charge in [-0.3, -0.25) is 0 Å². The number of carbonyl (C=O) groups is 1. The number of phenols is 1. The molecule has 0 amide bonds. The van der Waals surface area contributed by atoms with Crippen molar-refractivity contribution >= 4 is 5.97 Å². The van der Waals surface area contributed by atoms with Crippen LogP contribution in [-0.2, 0) is 6.42 Å². The number of benzene rings is 1. The number of phenolic OH excluding ortho intramolecular Hbond substituents is 1. The van der Waals surface area contributed by atoms with Crippen LogP contribution in [0.1, 0.15) is 23.1 Å². The molecule has 88 valence electrons. The highest BCUT2D eigenvalue weighted by Gasteiger charge is 2.19. The van der Waals surface area contributed by atoms with Crippen molar-refractivity contribution in [2.24, 2.45) is 0 Å².